The number of hydrogen-bond acceptors (Lipinski definition) is 3. The zero-order valence-corrected chi connectivity index (χ0v) is 7.16. The summed E-state index contributed by atoms with van der Waals surface area (Å²) in [5.41, 5.74) is 1.73. The molecule has 0 bridgehead atoms. The fourth-order valence-electron chi connectivity index (χ4n) is 1.55. The summed E-state index contributed by atoms with van der Waals surface area (Å²) in [5, 5.41) is 0. The van der Waals surface area contributed by atoms with Crippen LogP contribution in [-0.4, -0.2) is 21.9 Å². The lowest BCUT2D eigenvalue weighted by Crippen LogP contribution is -2.14. The molecule has 0 spiro atoms. The van der Waals surface area contributed by atoms with E-state index in [1.54, 1.807) is 0 Å². The summed E-state index contributed by atoms with van der Waals surface area (Å²) in [4.78, 5) is 20.1. The second-order valence-electron chi connectivity index (χ2n) is 3.19. The molecule has 1 aromatic heterocycles. The molecule has 1 aliphatic rings. The van der Waals surface area contributed by atoms with Crippen LogP contribution < -0.4 is 5.56 Å². The first kappa shape index (κ1) is 7.49. The van der Waals surface area contributed by atoms with Crippen LogP contribution in [0.4, 0.5) is 0 Å². The van der Waals surface area contributed by atoms with Crippen molar-refractivity contribution in [2.24, 2.45) is 0 Å². The standard InChI is InChI=1S/C8H11N3O/c1-5-7-6(3-11(5)2)8(12)10-4-9-7/h4-5H,3H2,1-2H3,(H,9,10,12). The molecule has 1 atom stereocenters. The number of aromatic nitrogens is 2. The minimum Gasteiger partial charge on any atom is -0.313 e. The molecule has 1 aliphatic heterocycles. The van der Waals surface area contributed by atoms with Crippen molar-refractivity contribution < 1.29 is 0 Å². The van der Waals surface area contributed by atoms with Gasteiger partial charge in [0, 0.05) is 12.6 Å². The van der Waals surface area contributed by atoms with E-state index in [1.807, 2.05) is 7.05 Å². The van der Waals surface area contributed by atoms with Gasteiger partial charge in [-0.2, -0.15) is 0 Å². The summed E-state index contributed by atoms with van der Waals surface area (Å²) < 4.78 is 0. The monoisotopic (exact) mass is 165 g/mol. The van der Waals surface area contributed by atoms with Gasteiger partial charge in [-0.25, -0.2) is 4.98 Å². The zero-order chi connectivity index (χ0) is 8.72. The van der Waals surface area contributed by atoms with Gasteiger partial charge in [-0.3, -0.25) is 9.69 Å². The Labute approximate surface area is 70.2 Å². The van der Waals surface area contributed by atoms with Crippen molar-refractivity contribution in [3.05, 3.63) is 27.9 Å². The van der Waals surface area contributed by atoms with Crippen molar-refractivity contribution in [2.45, 2.75) is 19.5 Å². The first-order valence-corrected chi connectivity index (χ1v) is 3.97. The van der Waals surface area contributed by atoms with Crippen LogP contribution in [0, 0.1) is 0 Å². The van der Waals surface area contributed by atoms with Crippen molar-refractivity contribution >= 4 is 0 Å². The fourth-order valence-corrected chi connectivity index (χ4v) is 1.55. The SMILES string of the molecule is CC1c2nc[nH]c(=O)c2CN1C. The molecule has 64 valence electrons. The summed E-state index contributed by atoms with van der Waals surface area (Å²) in [6.45, 7) is 2.76. The third-order valence-corrected chi connectivity index (χ3v) is 2.45. The molecule has 1 unspecified atom stereocenters. The largest absolute Gasteiger partial charge is 0.313 e. The third kappa shape index (κ3) is 0.881. The van der Waals surface area contributed by atoms with Crippen LogP contribution in [0.1, 0.15) is 24.2 Å². The second kappa shape index (κ2) is 2.42. The normalized spacial score (nSPS) is 22.7. The Morgan fingerprint density at radius 1 is 1.75 bits per heavy atom. The van der Waals surface area contributed by atoms with E-state index in [9.17, 15) is 4.79 Å². The van der Waals surface area contributed by atoms with Crippen LogP contribution in [-0.2, 0) is 6.54 Å². The minimum absolute atomic E-state index is 0.00352. The van der Waals surface area contributed by atoms with Gasteiger partial charge in [-0.05, 0) is 14.0 Å². The number of nitrogens with zero attached hydrogens (tertiary/aromatic N) is 2. The summed E-state index contributed by atoms with van der Waals surface area (Å²) in [7, 11) is 1.99. The van der Waals surface area contributed by atoms with E-state index in [0.717, 1.165) is 11.3 Å². The maximum atomic E-state index is 11.3. The lowest BCUT2D eigenvalue weighted by atomic mass is 10.2. The molecule has 4 nitrogen and oxygen atoms in total. The van der Waals surface area contributed by atoms with Gasteiger partial charge in [0.25, 0.3) is 5.56 Å². The van der Waals surface area contributed by atoms with Gasteiger partial charge < -0.3 is 4.98 Å². The summed E-state index contributed by atoms with van der Waals surface area (Å²) in [6, 6.07) is 0.266. The van der Waals surface area contributed by atoms with Gasteiger partial charge in [-0.1, -0.05) is 0 Å². The number of rotatable bonds is 0. The predicted octanol–water partition coefficient (Wildman–Crippen LogP) is 0.276. The quantitative estimate of drug-likeness (QED) is 0.600. The number of H-pyrrole nitrogens is 1. The van der Waals surface area contributed by atoms with Crippen molar-refractivity contribution in [3.63, 3.8) is 0 Å². The van der Waals surface area contributed by atoms with Crippen LogP contribution in [0.2, 0.25) is 0 Å². The molecule has 2 heterocycles. The van der Waals surface area contributed by atoms with E-state index in [4.69, 9.17) is 0 Å². The minimum atomic E-state index is -0.00352. The molecule has 12 heavy (non-hydrogen) atoms. The molecule has 0 aliphatic carbocycles. The van der Waals surface area contributed by atoms with Gasteiger partial charge in [0.05, 0.1) is 17.6 Å². The Bertz CT molecular complexity index is 358. The summed E-state index contributed by atoms with van der Waals surface area (Å²) in [6.07, 6.45) is 1.47. The fraction of sp³-hybridized carbons (Fsp3) is 0.500. The highest BCUT2D eigenvalue weighted by molar-refractivity contribution is 5.23. The molecular weight excluding hydrogens is 154 g/mol. The lowest BCUT2D eigenvalue weighted by molar-refractivity contribution is 0.283. The molecule has 0 saturated carbocycles. The van der Waals surface area contributed by atoms with Gasteiger partial charge in [-0.15, -0.1) is 0 Å². The molecule has 0 aromatic carbocycles. The van der Waals surface area contributed by atoms with Crippen molar-refractivity contribution in [1.82, 2.24) is 14.9 Å². The predicted molar refractivity (Wildman–Crippen MR) is 44.7 cm³/mol. The Morgan fingerprint density at radius 2 is 2.50 bits per heavy atom. The smallest absolute Gasteiger partial charge is 0.255 e. The highest BCUT2D eigenvalue weighted by Gasteiger charge is 2.26. The van der Waals surface area contributed by atoms with Crippen LogP contribution in [0.15, 0.2) is 11.1 Å². The molecule has 2 rings (SSSR count). The Balaban J connectivity index is 2.61. The van der Waals surface area contributed by atoms with Gasteiger partial charge in [0.15, 0.2) is 0 Å². The van der Waals surface area contributed by atoms with Crippen LogP contribution in [0.25, 0.3) is 0 Å². The third-order valence-electron chi connectivity index (χ3n) is 2.45. The molecule has 0 radical (unpaired) electrons. The van der Waals surface area contributed by atoms with Crippen LogP contribution >= 0.6 is 0 Å². The van der Waals surface area contributed by atoms with Crippen molar-refractivity contribution in [2.75, 3.05) is 7.05 Å². The topological polar surface area (TPSA) is 49.0 Å². The van der Waals surface area contributed by atoms with E-state index in [0.29, 0.717) is 6.54 Å². The lowest BCUT2D eigenvalue weighted by Gasteiger charge is -2.12. The van der Waals surface area contributed by atoms with E-state index < -0.39 is 0 Å². The highest BCUT2D eigenvalue weighted by atomic mass is 16.1. The van der Waals surface area contributed by atoms with Gasteiger partial charge >= 0.3 is 0 Å². The first-order chi connectivity index (χ1) is 5.70. The van der Waals surface area contributed by atoms with Crippen LogP contribution in [0.3, 0.4) is 0 Å². The summed E-state index contributed by atoms with van der Waals surface area (Å²) >= 11 is 0. The van der Waals surface area contributed by atoms with Gasteiger partial charge in [0.1, 0.15) is 0 Å². The zero-order valence-electron chi connectivity index (χ0n) is 7.16. The maximum absolute atomic E-state index is 11.3. The molecule has 4 heteroatoms. The average Bonchev–Trinajstić information content (AvgIpc) is 2.32. The Hall–Kier alpha value is -1.16. The molecule has 1 aromatic rings. The van der Waals surface area contributed by atoms with Crippen molar-refractivity contribution in [1.29, 1.82) is 0 Å². The molecule has 0 amide bonds. The van der Waals surface area contributed by atoms with Gasteiger partial charge in [0.2, 0.25) is 0 Å². The molecule has 1 N–H and O–H groups in total. The van der Waals surface area contributed by atoms with Crippen LogP contribution in [0.5, 0.6) is 0 Å². The van der Waals surface area contributed by atoms with E-state index >= 15 is 0 Å². The number of fused-ring (bicyclic) bond motifs is 1. The number of nitrogens with one attached hydrogen (secondary N) is 1. The van der Waals surface area contributed by atoms with E-state index in [2.05, 4.69) is 21.8 Å². The summed E-state index contributed by atoms with van der Waals surface area (Å²) in [5.74, 6) is 0. The number of hydrogen-bond donors (Lipinski definition) is 1. The molecular formula is C8H11N3O. The number of aromatic amines is 1. The maximum Gasteiger partial charge on any atom is 0.255 e. The Morgan fingerprint density at radius 3 is 3.17 bits per heavy atom. The Kier molecular flexibility index (Phi) is 1.51. The van der Waals surface area contributed by atoms with Crippen molar-refractivity contribution in [3.8, 4) is 0 Å². The average molecular weight is 165 g/mol. The highest BCUT2D eigenvalue weighted by Crippen LogP contribution is 2.26. The first-order valence-electron chi connectivity index (χ1n) is 3.97. The molecule has 0 fully saturated rings. The second-order valence-corrected chi connectivity index (χ2v) is 3.19. The molecule has 0 saturated heterocycles. The van der Waals surface area contributed by atoms with E-state index in [1.165, 1.54) is 6.33 Å². The van der Waals surface area contributed by atoms with E-state index in [-0.39, 0.29) is 11.6 Å².